The number of hydrogen-bond acceptors (Lipinski definition) is 4. The average Bonchev–Trinajstić information content (AvgIpc) is 2.33. The lowest BCUT2D eigenvalue weighted by atomic mass is 9.93. The summed E-state index contributed by atoms with van der Waals surface area (Å²) in [6.45, 7) is 2.67. The molecule has 4 heteroatoms. The van der Waals surface area contributed by atoms with Crippen LogP contribution in [-0.2, 0) is 6.61 Å². The molecule has 3 N–H and O–H groups in total. The van der Waals surface area contributed by atoms with E-state index in [1.807, 2.05) is 0 Å². The monoisotopic (exact) mass is 222 g/mol. The van der Waals surface area contributed by atoms with Gasteiger partial charge in [0.25, 0.3) is 0 Å². The van der Waals surface area contributed by atoms with Gasteiger partial charge in [-0.15, -0.1) is 0 Å². The van der Waals surface area contributed by atoms with E-state index in [9.17, 15) is 10.2 Å². The highest BCUT2D eigenvalue weighted by molar-refractivity contribution is 5.43. The fourth-order valence-corrected chi connectivity index (χ4v) is 2.27. The molecule has 1 saturated heterocycles. The van der Waals surface area contributed by atoms with Gasteiger partial charge in [0.1, 0.15) is 5.75 Å². The highest BCUT2D eigenvalue weighted by Crippen LogP contribution is 2.33. The first-order chi connectivity index (χ1) is 7.74. The molecule has 1 fully saturated rings. The number of hydrogen-bond donors (Lipinski definition) is 3. The van der Waals surface area contributed by atoms with Gasteiger partial charge in [-0.1, -0.05) is 6.42 Å². The second kappa shape index (κ2) is 4.80. The van der Waals surface area contributed by atoms with E-state index in [-0.39, 0.29) is 18.4 Å². The maximum absolute atomic E-state index is 10.0. The summed E-state index contributed by atoms with van der Waals surface area (Å²) >= 11 is 0. The van der Waals surface area contributed by atoms with E-state index in [2.05, 4.69) is 10.3 Å². The van der Waals surface area contributed by atoms with Gasteiger partial charge in [0.15, 0.2) is 0 Å². The first kappa shape index (κ1) is 11.4. The summed E-state index contributed by atoms with van der Waals surface area (Å²) in [4.78, 5) is 4.07. The van der Waals surface area contributed by atoms with E-state index in [1.165, 1.54) is 6.42 Å². The van der Waals surface area contributed by atoms with Gasteiger partial charge in [-0.2, -0.15) is 0 Å². The van der Waals surface area contributed by atoms with Crippen LogP contribution in [0.4, 0.5) is 0 Å². The second-order valence-corrected chi connectivity index (χ2v) is 4.29. The number of aliphatic hydroxyl groups is 1. The number of nitrogens with zero attached hydrogens (tertiary/aromatic N) is 1. The molecule has 0 spiro atoms. The SMILES string of the molecule is Cc1ncc(CO)c([C@@H]2CCCCN2)c1O. The molecule has 0 aromatic carbocycles. The molecule has 1 aliphatic rings. The van der Waals surface area contributed by atoms with Crippen LogP contribution < -0.4 is 5.32 Å². The lowest BCUT2D eigenvalue weighted by Crippen LogP contribution is -2.28. The zero-order valence-corrected chi connectivity index (χ0v) is 9.53. The molecular formula is C12H18N2O2. The third kappa shape index (κ3) is 2.03. The van der Waals surface area contributed by atoms with Crippen molar-refractivity contribution in [3.8, 4) is 5.75 Å². The van der Waals surface area contributed by atoms with Crippen LogP contribution >= 0.6 is 0 Å². The standard InChI is InChI=1S/C12H18N2O2/c1-8-12(16)11(9(7-15)6-14-8)10-4-2-3-5-13-10/h6,10,13,15-16H,2-5,7H2,1H3/t10-/m0/s1. The van der Waals surface area contributed by atoms with Gasteiger partial charge in [0.2, 0.25) is 0 Å². The highest BCUT2D eigenvalue weighted by atomic mass is 16.3. The summed E-state index contributed by atoms with van der Waals surface area (Å²) in [7, 11) is 0. The van der Waals surface area contributed by atoms with Crippen LogP contribution in [0.1, 0.15) is 42.1 Å². The minimum absolute atomic E-state index is 0.0750. The Balaban J connectivity index is 2.39. The molecule has 1 aromatic rings. The van der Waals surface area contributed by atoms with Gasteiger partial charge in [-0.3, -0.25) is 4.98 Å². The third-order valence-corrected chi connectivity index (χ3v) is 3.19. The predicted octanol–water partition coefficient (Wildman–Crippen LogP) is 1.40. The van der Waals surface area contributed by atoms with Crippen LogP contribution in [0.25, 0.3) is 0 Å². The van der Waals surface area contributed by atoms with E-state index in [0.29, 0.717) is 5.69 Å². The van der Waals surface area contributed by atoms with Gasteiger partial charge in [-0.25, -0.2) is 0 Å². The number of aliphatic hydroxyl groups excluding tert-OH is 1. The Kier molecular flexibility index (Phi) is 3.41. The molecule has 4 nitrogen and oxygen atoms in total. The van der Waals surface area contributed by atoms with Crippen LogP contribution in [0, 0.1) is 6.92 Å². The Bertz CT molecular complexity index is 374. The smallest absolute Gasteiger partial charge is 0.141 e. The minimum atomic E-state index is -0.0750. The molecule has 1 aromatic heterocycles. The molecule has 2 heterocycles. The Hall–Kier alpha value is -1.13. The largest absolute Gasteiger partial charge is 0.506 e. The van der Waals surface area contributed by atoms with E-state index in [4.69, 9.17) is 0 Å². The van der Waals surface area contributed by atoms with Crippen molar-refractivity contribution in [2.75, 3.05) is 6.54 Å². The Morgan fingerprint density at radius 3 is 2.94 bits per heavy atom. The molecule has 16 heavy (non-hydrogen) atoms. The summed E-state index contributed by atoms with van der Waals surface area (Å²) in [6.07, 6.45) is 4.99. The predicted molar refractivity (Wildman–Crippen MR) is 61.2 cm³/mol. The summed E-state index contributed by atoms with van der Waals surface area (Å²) < 4.78 is 0. The lowest BCUT2D eigenvalue weighted by molar-refractivity contribution is 0.275. The van der Waals surface area contributed by atoms with E-state index >= 15 is 0 Å². The zero-order valence-electron chi connectivity index (χ0n) is 9.53. The molecule has 0 radical (unpaired) electrons. The van der Waals surface area contributed by atoms with Crippen molar-refractivity contribution in [1.82, 2.24) is 10.3 Å². The van der Waals surface area contributed by atoms with Gasteiger partial charge < -0.3 is 15.5 Å². The van der Waals surface area contributed by atoms with Gasteiger partial charge >= 0.3 is 0 Å². The number of pyridine rings is 1. The fourth-order valence-electron chi connectivity index (χ4n) is 2.27. The van der Waals surface area contributed by atoms with Crippen molar-refractivity contribution >= 4 is 0 Å². The quantitative estimate of drug-likeness (QED) is 0.707. The van der Waals surface area contributed by atoms with Crippen molar-refractivity contribution in [3.63, 3.8) is 0 Å². The van der Waals surface area contributed by atoms with Gasteiger partial charge in [-0.05, 0) is 26.3 Å². The van der Waals surface area contributed by atoms with E-state index < -0.39 is 0 Å². The third-order valence-electron chi connectivity index (χ3n) is 3.19. The number of piperidine rings is 1. The van der Waals surface area contributed by atoms with E-state index in [1.54, 1.807) is 13.1 Å². The van der Waals surface area contributed by atoms with Crippen LogP contribution in [0.5, 0.6) is 5.75 Å². The maximum atomic E-state index is 10.0. The maximum Gasteiger partial charge on any atom is 0.141 e. The minimum Gasteiger partial charge on any atom is -0.506 e. The van der Waals surface area contributed by atoms with Gasteiger partial charge in [0, 0.05) is 23.4 Å². The van der Waals surface area contributed by atoms with Crippen LogP contribution in [0.3, 0.4) is 0 Å². The molecule has 1 aliphatic heterocycles. The average molecular weight is 222 g/mol. The molecule has 0 bridgehead atoms. The van der Waals surface area contributed by atoms with Crippen molar-refractivity contribution < 1.29 is 10.2 Å². The lowest BCUT2D eigenvalue weighted by Gasteiger charge is -2.26. The summed E-state index contributed by atoms with van der Waals surface area (Å²) in [5.74, 6) is 0.228. The first-order valence-electron chi connectivity index (χ1n) is 5.75. The molecule has 0 saturated carbocycles. The molecule has 1 atom stereocenters. The number of aromatic hydroxyl groups is 1. The highest BCUT2D eigenvalue weighted by Gasteiger charge is 2.22. The molecule has 0 unspecified atom stereocenters. The second-order valence-electron chi connectivity index (χ2n) is 4.29. The summed E-state index contributed by atoms with van der Waals surface area (Å²) in [6, 6.07) is 0.151. The van der Waals surface area contributed by atoms with Gasteiger partial charge in [0.05, 0.1) is 12.3 Å². The molecule has 2 rings (SSSR count). The summed E-state index contributed by atoms with van der Waals surface area (Å²) in [5, 5.41) is 22.7. The first-order valence-corrected chi connectivity index (χ1v) is 5.75. The number of aromatic nitrogens is 1. The number of aryl methyl sites for hydroxylation is 1. The molecule has 0 aliphatic carbocycles. The van der Waals surface area contributed by atoms with Crippen LogP contribution in [0.2, 0.25) is 0 Å². The zero-order chi connectivity index (χ0) is 11.5. The van der Waals surface area contributed by atoms with Crippen molar-refractivity contribution in [2.45, 2.75) is 38.8 Å². The Labute approximate surface area is 95.3 Å². The Morgan fingerprint density at radius 1 is 1.50 bits per heavy atom. The Morgan fingerprint density at radius 2 is 2.31 bits per heavy atom. The van der Waals surface area contributed by atoms with E-state index in [0.717, 1.165) is 30.5 Å². The van der Waals surface area contributed by atoms with Crippen LogP contribution in [-0.4, -0.2) is 21.7 Å². The fraction of sp³-hybridized carbons (Fsp3) is 0.583. The normalized spacial score (nSPS) is 21.0. The molecule has 88 valence electrons. The topological polar surface area (TPSA) is 65.4 Å². The van der Waals surface area contributed by atoms with Crippen molar-refractivity contribution in [2.24, 2.45) is 0 Å². The van der Waals surface area contributed by atoms with Crippen molar-refractivity contribution in [1.29, 1.82) is 0 Å². The number of nitrogens with one attached hydrogen (secondary N) is 1. The van der Waals surface area contributed by atoms with Crippen LogP contribution in [0.15, 0.2) is 6.20 Å². The molecule has 0 amide bonds. The molecular weight excluding hydrogens is 204 g/mol. The van der Waals surface area contributed by atoms with Crippen molar-refractivity contribution in [3.05, 3.63) is 23.0 Å². The summed E-state index contributed by atoms with van der Waals surface area (Å²) in [5.41, 5.74) is 2.18. The number of rotatable bonds is 2.